The highest BCUT2D eigenvalue weighted by atomic mass is 19.2. The summed E-state index contributed by atoms with van der Waals surface area (Å²) in [7, 11) is 1.62. The van der Waals surface area contributed by atoms with Crippen molar-refractivity contribution in [1.82, 2.24) is 0 Å². The van der Waals surface area contributed by atoms with Crippen LogP contribution in [0.5, 0.6) is 5.75 Å². The van der Waals surface area contributed by atoms with Gasteiger partial charge in [0.25, 0.3) is 0 Å². The molecule has 0 aliphatic heterocycles. The Balaban J connectivity index is 1.96. The molecule has 0 radical (unpaired) electrons. The molecule has 0 unspecified atom stereocenters. The highest BCUT2D eigenvalue weighted by Gasteiger charge is 2.52. The van der Waals surface area contributed by atoms with Crippen LogP contribution in [0.4, 0.5) is 8.78 Å². The summed E-state index contributed by atoms with van der Waals surface area (Å²) in [5.74, 6) is -0.0514. The average Bonchev–Trinajstić information content (AvgIpc) is 3.05. The zero-order valence-electron chi connectivity index (χ0n) is 17.0. The Kier molecular flexibility index (Phi) is 4.18. The molecule has 5 rings (SSSR count). The highest BCUT2D eigenvalue weighted by Crippen LogP contribution is 2.60. The van der Waals surface area contributed by atoms with Crippen molar-refractivity contribution in [2.75, 3.05) is 7.11 Å². The van der Waals surface area contributed by atoms with Crippen LogP contribution in [0, 0.1) is 0 Å². The first-order valence-electron chi connectivity index (χ1n) is 10.1. The van der Waals surface area contributed by atoms with Crippen LogP contribution in [0.2, 0.25) is 0 Å². The van der Waals surface area contributed by atoms with Gasteiger partial charge in [0.1, 0.15) is 11.6 Å². The van der Waals surface area contributed by atoms with Crippen molar-refractivity contribution in [3.05, 3.63) is 119 Å². The Bertz CT molecular complexity index is 1130. The lowest BCUT2D eigenvalue weighted by Crippen LogP contribution is -2.31. The van der Waals surface area contributed by atoms with Gasteiger partial charge in [-0.2, -0.15) is 0 Å². The van der Waals surface area contributed by atoms with Gasteiger partial charge in [-0.15, -0.1) is 0 Å². The number of rotatable bonds is 3. The second-order valence-corrected chi connectivity index (χ2v) is 8.12. The summed E-state index contributed by atoms with van der Waals surface area (Å²) in [5.41, 5.74) is 2.70. The molecule has 0 spiro atoms. The maximum atomic E-state index is 15.2. The van der Waals surface area contributed by atoms with Crippen molar-refractivity contribution in [2.45, 2.75) is 24.4 Å². The van der Waals surface area contributed by atoms with Gasteiger partial charge < -0.3 is 4.74 Å². The number of hydrogen-bond acceptors (Lipinski definition) is 1. The summed E-state index contributed by atoms with van der Waals surface area (Å²) in [6.07, 6.45) is 1.39. The lowest BCUT2D eigenvalue weighted by atomic mass is 9.66. The summed E-state index contributed by atoms with van der Waals surface area (Å²) in [6.45, 7) is 1.31. The SMILES string of the molecule is COc1cccc2c1C1=C(C=C(F)[C@@](C)(F)C1)C2(c1ccccc1)c1ccccc1. The van der Waals surface area contributed by atoms with Gasteiger partial charge in [-0.05, 0) is 46.9 Å². The van der Waals surface area contributed by atoms with Gasteiger partial charge >= 0.3 is 0 Å². The number of benzene rings is 3. The number of methoxy groups -OCH3 is 1. The van der Waals surface area contributed by atoms with Crippen LogP contribution in [0.25, 0.3) is 5.57 Å². The predicted octanol–water partition coefficient (Wildman–Crippen LogP) is 6.78. The second kappa shape index (κ2) is 6.66. The summed E-state index contributed by atoms with van der Waals surface area (Å²) in [4.78, 5) is 0. The number of halogens is 2. The lowest BCUT2D eigenvalue weighted by molar-refractivity contribution is 0.202. The van der Waals surface area contributed by atoms with Crippen LogP contribution >= 0.6 is 0 Å². The van der Waals surface area contributed by atoms with Gasteiger partial charge in [0.2, 0.25) is 0 Å². The minimum atomic E-state index is -2.04. The fourth-order valence-corrected chi connectivity index (χ4v) is 5.07. The van der Waals surface area contributed by atoms with E-state index >= 15 is 8.78 Å². The Labute approximate surface area is 175 Å². The van der Waals surface area contributed by atoms with Crippen molar-refractivity contribution in [3.8, 4) is 5.75 Å². The van der Waals surface area contributed by atoms with E-state index in [1.807, 2.05) is 48.5 Å². The number of allylic oxidation sites excluding steroid dienone is 4. The second-order valence-electron chi connectivity index (χ2n) is 8.12. The maximum absolute atomic E-state index is 15.2. The first kappa shape index (κ1) is 18.8. The van der Waals surface area contributed by atoms with Crippen LogP contribution in [-0.2, 0) is 5.41 Å². The zero-order valence-corrected chi connectivity index (χ0v) is 17.0. The van der Waals surface area contributed by atoms with Crippen LogP contribution in [0.15, 0.2) is 96.3 Å². The van der Waals surface area contributed by atoms with Crippen molar-refractivity contribution in [3.63, 3.8) is 0 Å². The maximum Gasteiger partial charge on any atom is 0.163 e. The van der Waals surface area contributed by atoms with Gasteiger partial charge in [-0.3, -0.25) is 0 Å². The number of hydrogen-bond donors (Lipinski definition) is 0. The summed E-state index contributed by atoms with van der Waals surface area (Å²) < 4.78 is 35.9. The van der Waals surface area contributed by atoms with Crippen LogP contribution in [0.1, 0.15) is 35.6 Å². The van der Waals surface area contributed by atoms with Gasteiger partial charge in [0, 0.05) is 12.0 Å². The van der Waals surface area contributed by atoms with Gasteiger partial charge in [0.15, 0.2) is 5.67 Å². The molecular formula is C27H22F2O. The molecule has 0 saturated carbocycles. The van der Waals surface area contributed by atoms with Crippen LogP contribution < -0.4 is 4.74 Å². The Morgan fingerprint density at radius 1 is 0.833 bits per heavy atom. The first-order chi connectivity index (χ1) is 14.5. The minimum absolute atomic E-state index is 0.0283. The van der Waals surface area contributed by atoms with Crippen molar-refractivity contribution in [1.29, 1.82) is 0 Å². The first-order valence-corrected chi connectivity index (χ1v) is 10.1. The van der Waals surface area contributed by atoms with Crippen molar-refractivity contribution >= 4 is 5.57 Å². The van der Waals surface area contributed by atoms with Gasteiger partial charge in [-0.25, -0.2) is 8.78 Å². The third kappa shape index (κ3) is 2.44. The molecule has 150 valence electrons. The molecule has 0 heterocycles. The molecule has 0 fully saturated rings. The molecule has 3 aromatic carbocycles. The molecule has 2 aliphatic rings. The van der Waals surface area contributed by atoms with Gasteiger partial charge in [0.05, 0.1) is 12.5 Å². The third-order valence-electron chi connectivity index (χ3n) is 6.37. The van der Waals surface area contributed by atoms with Crippen molar-refractivity contribution < 1.29 is 13.5 Å². The average molecular weight is 400 g/mol. The van der Waals surface area contributed by atoms with E-state index < -0.39 is 16.9 Å². The molecule has 0 bridgehead atoms. The van der Waals surface area contributed by atoms with Crippen LogP contribution in [0.3, 0.4) is 0 Å². The van der Waals surface area contributed by atoms with E-state index in [-0.39, 0.29) is 6.42 Å². The fraction of sp³-hybridized carbons (Fsp3) is 0.185. The summed E-state index contributed by atoms with van der Waals surface area (Å²) in [6, 6.07) is 26.0. The van der Waals surface area contributed by atoms with Crippen molar-refractivity contribution in [2.24, 2.45) is 0 Å². The minimum Gasteiger partial charge on any atom is -0.496 e. The largest absolute Gasteiger partial charge is 0.496 e. The summed E-state index contributed by atoms with van der Waals surface area (Å²) in [5, 5.41) is 0. The normalized spacial score (nSPS) is 21.7. The van der Waals surface area contributed by atoms with E-state index in [1.165, 1.54) is 13.0 Å². The molecule has 1 nitrogen and oxygen atoms in total. The quantitative estimate of drug-likeness (QED) is 0.471. The molecule has 0 aromatic heterocycles. The summed E-state index contributed by atoms with van der Waals surface area (Å²) >= 11 is 0. The molecule has 3 heteroatoms. The smallest absolute Gasteiger partial charge is 0.163 e. The van der Waals surface area contributed by atoms with E-state index in [0.717, 1.165) is 33.4 Å². The fourth-order valence-electron chi connectivity index (χ4n) is 5.07. The van der Waals surface area contributed by atoms with E-state index in [0.29, 0.717) is 5.75 Å². The molecule has 3 aromatic rings. The standard InChI is InChI=1S/C27H22F2O/c1-26(29)17-20-22(16-24(26)28)27(18-10-5-3-6-11-18,19-12-7-4-8-13-19)21-14-9-15-23(30-2)25(20)21/h3-16H,17H2,1-2H3/t26-/m0/s1. The van der Waals surface area contributed by atoms with Gasteiger partial charge in [-0.1, -0.05) is 72.8 Å². The third-order valence-corrected chi connectivity index (χ3v) is 6.37. The molecule has 1 atom stereocenters. The molecule has 0 saturated heterocycles. The molecule has 30 heavy (non-hydrogen) atoms. The van der Waals surface area contributed by atoms with E-state index in [4.69, 9.17) is 4.74 Å². The number of fused-ring (bicyclic) bond motifs is 2. The molecule has 0 N–H and O–H groups in total. The highest BCUT2D eigenvalue weighted by molar-refractivity contribution is 5.91. The van der Waals surface area contributed by atoms with Crippen LogP contribution in [-0.4, -0.2) is 12.8 Å². The molecular weight excluding hydrogens is 378 g/mol. The van der Waals surface area contributed by atoms with E-state index in [2.05, 4.69) is 30.3 Å². The number of alkyl halides is 1. The van der Waals surface area contributed by atoms with E-state index in [1.54, 1.807) is 7.11 Å². The van der Waals surface area contributed by atoms with E-state index in [9.17, 15) is 0 Å². The monoisotopic (exact) mass is 400 g/mol. The molecule has 0 amide bonds. The topological polar surface area (TPSA) is 9.23 Å². The Morgan fingerprint density at radius 3 is 2.00 bits per heavy atom. The Morgan fingerprint density at radius 2 is 1.43 bits per heavy atom. The number of ether oxygens (including phenoxy) is 1. The predicted molar refractivity (Wildman–Crippen MR) is 116 cm³/mol. The molecule has 2 aliphatic carbocycles. The lowest BCUT2D eigenvalue weighted by Gasteiger charge is -2.36. The Hall–Kier alpha value is -3.20. The zero-order chi connectivity index (χ0) is 20.9.